The fraction of sp³-hybridized carbons (Fsp3) is 1.00. The Labute approximate surface area is 431 Å². The third-order valence-electron chi connectivity index (χ3n) is 13.5. The molecule has 2 N–H and O–H groups in total. The minimum Gasteiger partial charge on any atom is -0.390 e. The van der Waals surface area contributed by atoms with Crippen LogP contribution in [0.15, 0.2) is 0 Å². The van der Waals surface area contributed by atoms with Crippen molar-refractivity contribution in [2.75, 3.05) is 99.7 Å². The van der Waals surface area contributed by atoms with Gasteiger partial charge in [0, 0.05) is 117 Å². The molecule has 0 aromatic heterocycles. The molecule has 0 amide bonds. The molecule has 0 aromatic carbocycles. The Morgan fingerprint density at radius 1 is 0.521 bits per heavy atom. The molecule has 5 saturated heterocycles. The highest BCUT2D eigenvalue weighted by Gasteiger charge is 2.43. The summed E-state index contributed by atoms with van der Waals surface area (Å²) in [5.41, 5.74) is 0.823. The maximum absolute atomic E-state index is 12.0. The number of likely N-dealkylation sites (tertiary alicyclic amines) is 5. The topological polar surface area (TPSA) is 72.4 Å². The summed E-state index contributed by atoms with van der Waals surface area (Å²) in [7, 11) is 4.95. The number of aliphatic hydroxyl groups excluding tert-OH is 1. The van der Waals surface area contributed by atoms with Crippen molar-refractivity contribution >= 4 is 0 Å². The smallest absolute Gasteiger partial charge is 0.390 e. The van der Waals surface area contributed by atoms with E-state index < -0.39 is 36.7 Å². The van der Waals surface area contributed by atoms with Crippen molar-refractivity contribution < 1.29 is 45.7 Å². The summed E-state index contributed by atoms with van der Waals surface area (Å²) in [6, 6.07) is 0. The number of alkyl halides is 7. The molecule has 5 aliphatic heterocycles. The van der Waals surface area contributed by atoms with E-state index in [1.165, 1.54) is 25.0 Å². The fourth-order valence-electron chi connectivity index (χ4n) is 7.06. The minimum atomic E-state index is -4.10. The van der Waals surface area contributed by atoms with Gasteiger partial charge < -0.3 is 14.9 Å². The van der Waals surface area contributed by atoms with Gasteiger partial charge in [-0.25, -0.2) is 17.6 Å². The number of hydrogen-bond donors (Lipinski definition) is 2. The van der Waals surface area contributed by atoms with E-state index in [9.17, 15) is 35.8 Å². The van der Waals surface area contributed by atoms with E-state index in [0.717, 1.165) is 39.3 Å². The second-order valence-electron chi connectivity index (χ2n) is 28.6. The zero-order chi connectivity index (χ0) is 57.1. The van der Waals surface area contributed by atoms with Crippen molar-refractivity contribution in [3.63, 3.8) is 0 Å². The van der Waals surface area contributed by atoms with Gasteiger partial charge in [-0.05, 0) is 172 Å². The van der Waals surface area contributed by atoms with Crippen molar-refractivity contribution in [3.8, 4) is 0 Å². The number of aliphatic hydroxyl groups is 2. The Balaban J connectivity index is 0. The maximum Gasteiger partial charge on any atom is 0.401 e. The van der Waals surface area contributed by atoms with Crippen molar-refractivity contribution in [3.05, 3.63) is 0 Å². The Morgan fingerprint density at radius 3 is 0.986 bits per heavy atom. The Hall–Kier alpha value is -0.890. The molecule has 0 saturated carbocycles. The lowest BCUT2D eigenvalue weighted by Gasteiger charge is -2.52. The summed E-state index contributed by atoms with van der Waals surface area (Å²) in [4.78, 5) is 14.5. The van der Waals surface area contributed by atoms with Crippen LogP contribution in [0.4, 0.5) is 30.7 Å². The average Bonchev–Trinajstić information content (AvgIpc) is 3.00. The zero-order valence-electron chi connectivity index (χ0n) is 50.5. The fourth-order valence-corrected chi connectivity index (χ4v) is 7.06. The van der Waals surface area contributed by atoms with Crippen LogP contribution >= 0.6 is 0 Å². The van der Waals surface area contributed by atoms with Crippen LogP contribution < -0.4 is 0 Å². The van der Waals surface area contributed by atoms with Crippen molar-refractivity contribution in [2.45, 2.75) is 242 Å². The van der Waals surface area contributed by atoms with Crippen LogP contribution in [-0.4, -0.2) is 220 Å². The molecule has 0 unspecified atom stereocenters. The predicted molar refractivity (Wildman–Crippen MR) is 284 cm³/mol. The normalized spacial score (nSPS) is 21.1. The number of ether oxygens (including phenoxy) is 1. The summed E-state index contributed by atoms with van der Waals surface area (Å²) < 4.78 is 88.1. The van der Waals surface area contributed by atoms with Crippen LogP contribution in [0, 0.1) is 11.3 Å². The predicted octanol–water partition coefficient (Wildman–Crippen LogP) is 10.8. The molecule has 5 aliphatic rings. The number of rotatable bonds is 5. The molecule has 0 bridgehead atoms. The second-order valence-corrected chi connectivity index (χ2v) is 28.6. The van der Waals surface area contributed by atoms with Gasteiger partial charge in [0.2, 0.25) is 6.43 Å². The standard InChI is InChI=1S/C9H19N.C8H15F2N.2C8H17NO.C7H14F3N.C7H15F2N.C7H15NO/c1-8(2,3)10-6-9(4,5)7-10;1-8(2,3)11-4-6(5-11)7(9)10;1-8(2,3)9-5-7(6-9)10-4;1-7(2,3)9-5-8(4,10)6-9;1-6(2,3)11(4)5-7(8,9)10;1-7(2,3)10(4)5-6(8)9;1-7(2,3)8-4-6(9)5-8/h6-7H2,1-5H3;6-7H,4-5H2,1-3H3;7H,5-6H2,1-4H3;10H,5-6H2,1-4H3;5H2,1-4H3;6H,5H2,1-4H3;6,9H,4-5H2,1-3H3. The molecule has 0 aromatic rings. The molecule has 17 heteroatoms. The molecule has 10 nitrogen and oxygen atoms in total. The molecular weight excluding hydrogens is 928 g/mol. The molecule has 0 atom stereocenters. The first-order valence-corrected chi connectivity index (χ1v) is 25.8. The third kappa shape index (κ3) is 31.1. The summed E-state index contributed by atoms with van der Waals surface area (Å²) in [5, 5.41) is 18.3. The lowest BCUT2D eigenvalue weighted by atomic mass is 9.81. The summed E-state index contributed by atoms with van der Waals surface area (Å²) in [5.74, 6) is -0.380. The van der Waals surface area contributed by atoms with Crippen LogP contribution in [0.1, 0.15) is 166 Å². The number of halogens is 7. The molecule has 0 radical (unpaired) electrons. The zero-order valence-corrected chi connectivity index (χ0v) is 50.5. The van der Waals surface area contributed by atoms with Gasteiger partial charge >= 0.3 is 6.18 Å². The highest BCUT2D eigenvalue weighted by Crippen LogP contribution is 2.34. The number of hydrogen-bond acceptors (Lipinski definition) is 10. The summed E-state index contributed by atoms with van der Waals surface area (Å²) in [6.45, 7) is 58.4. The molecule has 71 heavy (non-hydrogen) atoms. The first-order valence-electron chi connectivity index (χ1n) is 25.8. The van der Waals surface area contributed by atoms with Gasteiger partial charge in [-0.2, -0.15) is 13.2 Å². The molecule has 5 heterocycles. The van der Waals surface area contributed by atoms with E-state index in [0.29, 0.717) is 35.7 Å². The molecular formula is C54H112F7N7O3. The average molecular weight is 1040 g/mol. The van der Waals surface area contributed by atoms with E-state index in [-0.39, 0.29) is 40.7 Å². The Bertz CT molecular complexity index is 1380. The van der Waals surface area contributed by atoms with Crippen LogP contribution in [-0.2, 0) is 4.74 Å². The Kier molecular flexibility index (Phi) is 27.9. The van der Waals surface area contributed by atoms with Gasteiger partial charge in [0.15, 0.2) is 0 Å². The third-order valence-corrected chi connectivity index (χ3v) is 13.5. The van der Waals surface area contributed by atoms with E-state index in [2.05, 4.69) is 142 Å². The van der Waals surface area contributed by atoms with E-state index in [1.54, 1.807) is 39.8 Å². The van der Waals surface area contributed by atoms with Crippen LogP contribution in [0.25, 0.3) is 0 Å². The number of β-amino-alcohol motifs (C(OH)–C–C–N with tert-alkyl or cyclic N) is 2. The van der Waals surface area contributed by atoms with Gasteiger partial charge in [-0.15, -0.1) is 0 Å². The van der Waals surface area contributed by atoms with Gasteiger partial charge in [0.1, 0.15) is 0 Å². The van der Waals surface area contributed by atoms with Gasteiger partial charge in [-0.3, -0.25) is 34.3 Å². The minimum absolute atomic E-state index is 0.0609. The lowest BCUT2D eigenvalue weighted by molar-refractivity contribution is -0.152. The van der Waals surface area contributed by atoms with E-state index >= 15 is 0 Å². The summed E-state index contributed by atoms with van der Waals surface area (Å²) >= 11 is 0. The Morgan fingerprint density at radius 2 is 0.831 bits per heavy atom. The first kappa shape index (κ1) is 72.2. The quantitative estimate of drug-likeness (QED) is 0.260. The first-order chi connectivity index (χ1) is 31.0. The molecule has 430 valence electrons. The van der Waals surface area contributed by atoms with Crippen LogP contribution in [0.2, 0.25) is 0 Å². The van der Waals surface area contributed by atoms with Crippen molar-refractivity contribution in [1.29, 1.82) is 0 Å². The molecule has 5 fully saturated rings. The SMILES string of the molecule is CC(C)(C)N1CC(C(F)F)C1.CC(C)(C)N1CC(O)C1.CC1(C)CN(C(C)(C)C)C1.CC1(O)CN(C(C)(C)C)C1.CN(CC(F)(F)F)C(C)(C)C.CN(CC(F)F)C(C)(C)C.COC1CN(C(C)(C)C)C1. The number of nitrogens with zero attached hydrogens (tertiary/aromatic N) is 7. The molecule has 0 spiro atoms. The second kappa shape index (κ2) is 27.4. The highest BCUT2D eigenvalue weighted by atomic mass is 19.4. The van der Waals surface area contributed by atoms with Crippen LogP contribution in [0.3, 0.4) is 0 Å². The van der Waals surface area contributed by atoms with E-state index in [1.807, 2.05) is 27.7 Å². The number of methoxy groups -OCH3 is 1. The van der Waals surface area contributed by atoms with Crippen LogP contribution in [0.5, 0.6) is 0 Å². The highest BCUT2D eigenvalue weighted by molar-refractivity contribution is 4.97. The van der Waals surface area contributed by atoms with E-state index in [4.69, 9.17) is 9.84 Å². The maximum atomic E-state index is 12.0. The van der Waals surface area contributed by atoms with Crippen molar-refractivity contribution in [2.24, 2.45) is 11.3 Å². The largest absolute Gasteiger partial charge is 0.401 e. The van der Waals surface area contributed by atoms with Gasteiger partial charge in [0.25, 0.3) is 6.43 Å². The lowest BCUT2D eigenvalue weighted by Crippen LogP contribution is -2.65. The monoisotopic (exact) mass is 1040 g/mol. The molecule has 0 aliphatic carbocycles. The van der Waals surface area contributed by atoms with Gasteiger partial charge in [0.05, 0.1) is 30.9 Å². The van der Waals surface area contributed by atoms with Crippen molar-refractivity contribution in [1.82, 2.24) is 34.3 Å². The molecule has 5 rings (SSSR count). The van der Waals surface area contributed by atoms with Gasteiger partial charge in [-0.1, -0.05) is 13.8 Å². The summed E-state index contributed by atoms with van der Waals surface area (Å²) in [6.07, 6.45) is -8.04.